The molecule has 0 aliphatic heterocycles. The second kappa shape index (κ2) is 7.11. The zero-order chi connectivity index (χ0) is 16.1. The van der Waals surface area contributed by atoms with Crippen LogP contribution in [0.1, 0.15) is 16.6 Å². The third-order valence-electron chi connectivity index (χ3n) is 3.10. The number of hydrogen-bond acceptors (Lipinski definition) is 5. The molecule has 0 radical (unpaired) electrons. The summed E-state index contributed by atoms with van der Waals surface area (Å²) >= 11 is 1.39. The molecule has 1 aromatic carbocycles. The molecule has 0 fully saturated rings. The number of carbonyl (C=O) groups is 1. The first-order valence-electron chi connectivity index (χ1n) is 7.09. The van der Waals surface area contributed by atoms with Crippen LogP contribution in [0.3, 0.4) is 0 Å². The SMILES string of the molecule is Cc1cc(NC(=O)[C@H](Sc2ccccn2)c2ccccc2)no1. The van der Waals surface area contributed by atoms with Gasteiger partial charge in [0, 0.05) is 12.3 Å². The summed E-state index contributed by atoms with van der Waals surface area (Å²) in [6.45, 7) is 1.78. The number of aryl methyl sites for hydroxylation is 1. The average Bonchev–Trinajstić information content (AvgIpc) is 2.99. The van der Waals surface area contributed by atoms with Gasteiger partial charge < -0.3 is 9.84 Å². The molecule has 3 rings (SSSR count). The summed E-state index contributed by atoms with van der Waals surface area (Å²) in [5.41, 5.74) is 0.904. The average molecular weight is 325 g/mol. The van der Waals surface area contributed by atoms with Gasteiger partial charge in [-0.3, -0.25) is 4.79 Å². The van der Waals surface area contributed by atoms with E-state index in [0.717, 1.165) is 10.6 Å². The van der Waals surface area contributed by atoms with E-state index in [1.165, 1.54) is 11.8 Å². The Morgan fingerprint density at radius 2 is 1.96 bits per heavy atom. The second-order valence-electron chi connectivity index (χ2n) is 4.89. The number of carbonyl (C=O) groups excluding carboxylic acids is 1. The number of amides is 1. The van der Waals surface area contributed by atoms with E-state index in [-0.39, 0.29) is 5.91 Å². The van der Waals surface area contributed by atoms with Crippen molar-refractivity contribution < 1.29 is 9.32 Å². The molecule has 2 aromatic heterocycles. The number of benzene rings is 1. The van der Waals surface area contributed by atoms with Crippen LogP contribution in [0, 0.1) is 6.92 Å². The lowest BCUT2D eigenvalue weighted by Crippen LogP contribution is -2.19. The van der Waals surface area contributed by atoms with Crippen LogP contribution in [0.25, 0.3) is 0 Å². The maximum absolute atomic E-state index is 12.7. The molecule has 1 N–H and O–H groups in total. The third-order valence-corrected chi connectivity index (χ3v) is 4.30. The predicted octanol–water partition coefficient (Wildman–Crippen LogP) is 3.85. The fourth-order valence-electron chi connectivity index (χ4n) is 2.06. The molecule has 0 bridgehead atoms. The number of rotatable bonds is 5. The van der Waals surface area contributed by atoms with Crippen LogP contribution in [0.15, 0.2) is 70.3 Å². The highest BCUT2D eigenvalue weighted by atomic mass is 32.2. The van der Waals surface area contributed by atoms with E-state index in [2.05, 4.69) is 15.5 Å². The van der Waals surface area contributed by atoms with Gasteiger partial charge in [0.05, 0.1) is 5.03 Å². The van der Waals surface area contributed by atoms with Crippen LogP contribution in [-0.4, -0.2) is 16.0 Å². The molecule has 116 valence electrons. The Kier molecular flexibility index (Phi) is 4.73. The normalized spacial score (nSPS) is 11.9. The largest absolute Gasteiger partial charge is 0.360 e. The van der Waals surface area contributed by atoms with Gasteiger partial charge in [0.25, 0.3) is 0 Å². The predicted molar refractivity (Wildman–Crippen MR) is 89.1 cm³/mol. The summed E-state index contributed by atoms with van der Waals surface area (Å²) < 4.78 is 4.99. The Morgan fingerprint density at radius 1 is 1.17 bits per heavy atom. The molecule has 0 aliphatic rings. The molecule has 3 aromatic rings. The minimum absolute atomic E-state index is 0.167. The van der Waals surface area contributed by atoms with E-state index in [1.807, 2.05) is 48.5 Å². The van der Waals surface area contributed by atoms with Gasteiger partial charge in [0.2, 0.25) is 5.91 Å². The van der Waals surface area contributed by atoms with Crippen molar-refractivity contribution in [2.75, 3.05) is 5.32 Å². The monoisotopic (exact) mass is 325 g/mol. The van der Waals surface area contributed by atoms with Crippen molar-refractivity contribution in [3.8, 4) is 0 Å². The highest BCUT2D eigenvalue weighted by Gasteiger charge is 2.23. The number of nitrogens with zero attached hydrogens (tertiary/aromatic N) is 2. The summed E-state index contributed by atoms with van der Waals surface area (Å²) in [4.78, 5) is 17.0. The molecule has 0 unspecified atom stereocenters. The molecule has 0 aliphatic carbocycles. The Labute approximate surface area is 138 Å². The first kappa shape index (κ1) is 15.3. The first-order chi connectivity index (χ1) is 11.2. The van der Waals surface area contributed by atoms with Gasteiger partial charge in [-0.1, -0.05) is 53.3 Å². The standard InChI is InChI=1S/C17H15N3O2S/c1-12-11-14(20-22-12)19-17(21)16(13-7-3-2-4-8-13)23-15-9-5-6-10-18-15/h2-11,16H,1H3,(H,19,20,21)/t16-/m1/s1. The van der Waals surface area contributed by atoms with Crippen LogP contribution in [0.5, 0.6) is 0 Å². The van der Waals surface area contributed by atoms with E-state index >= 15 is 0 Å². The highest BCUT2D eigenvalue weighted by Crippen LogP contribution is 2.34. The zero-order valence-corrected chi connectivity index (χ0v) is 13.3. The summed E-state index contributed by atoms with van der Waals surface area (Å²) in [5, 5.41) is 6.95. The van der Waals surface area contributed by atoms with Crippen LogP contribution in [-0.2, 0) is 4.79 Å². The van der Waals surface area contributed by atoms with Gasteiger partial charge in [-0.15, -0.1) is 0 Å². The lowest BCUT2D eigenvalue weighted by Gasteiger charge is -2.15. The molecule has 0 saturated carbocycles. The smallest absolute Gasteiger partial charge is 0.243 e. The number of anilines is 1. The maximum Gasteiger partial charge on any atom is 0.243 e. The topological polar surface area (TPSA) is 68.0 Å². The number of thioether (sulfide) groups is 1. The van der Waals surface area contributed by atoms with E-state index in [9.17, 15) is 4.79 Å². The number of pyridine rings is 1. The van der Waals surface area contributed by atoms with Gasteiger partial charge >= 0.3 is 0 Å². The van der Waals surface area contributed by atoms with Crippen LogP contribution < -0.4 is 5.32 Å². The van der Waals surface area contributed by atoms with Gasteiger partial charge in [-0.2, -0.15) is 0 Å². The van der Waals surface area contributed by atoms with Gasteiger partial charge in [0.15, 0.2) is 5.82 Å². The van der Waals surface area contributed by atoms with Gasteiger partial charge in [-0.25, -0.2) is 4.98 Å². The van der Waals surface area contributed by atoms with Gasteiger partial charge in [0.1, 0.15) is 11.0 Å². The lowest BCUT2D eigenvalue weighted by atomic mass is 10.1. The second-order valence-corrected chi connectivity index (χ2v) is 6.01. The van der Waals surface area contributed by atoms with E-state index in [1.54, 1.807) is 19.2 Å². The van der Waals surface area contributed by atoms with Crippen molar-refractivity contribution in [2.24, 2.45) is 0 Å². The number of hydrogen-bond donors (Lipinski definition) is 1. The van der Waals surface area contributed by atoms with Crippen LogP contribution in [0.4, 0.5) is 5.82 Å². The minimum Gasteiger partial charge on any atom is -0.360 e. The van der Waals surface area contributed by atoms with E-state index in [4.69, 9.17) is 4.52 Å². The number of nitrogens with one attached hydrogen (secondary N) is 1. The van der Waals surface area contributed by atoms with E-state index in [0.29, 0.717) is 11.6 Å². The fraction of sp³-hybridized carbons (Fsp3) is 0.118. The van der Waals surface area contributed by atoms with E-state index < -0.39 is 5.25 Å². The molecular weight excluding hydrogens is 310 g/mol. The molecule has 0 spiro atoms. The van der Waals surface area contributed by atoms with Crippen molar-refractivity contribution >= 4 is 23.5 Å². The quantitative estimate of drug-likeness (QED) is 0.722. The van der Waals surface area contributed by atoms with Gasteiger partial charge in [-0.05, 0) is 24.6 Å². The molecule has 1 amide bonds. The summed E-state index contributed by atoms with van der Waals surface area (Å²) in [6, 6.07) is 16.9. The molecule has 5 nitrogen and oxygen atoms in total. The summed E-state index contributed by atoms with van der Waals surface area (Å²) in [6.07, 6.45) is 1.71. The molecule has 2 heterocycles. The molecule has 23 heavy (non-hydrogen) atoms. The molecular formula is C17H15N3O2S. The zero-order valence-electron chi connectivity index (χ0n) is 12.5. The van der Waals surface area contributed by atoms with Crippen molar-refractivity contribution in [1.29, 1.82) is 0 Å². The lowest BCUT2D eigenvalue weighted by molar-refractivity contribution is -0.115. The molecule has 0 saturated heterocycles. The van der Waals surface area contributed by atoms with Crippen molar-refractivity contribution in [3.05, 3.63) is 72.1 Å². The van der Waals surface area contributed by atoms with Crippen molar-refractivity contribution in [3.63, 3.8) is 0 Å². The minimum atomic E-state index is -0.428. The van der Waals surface area contributed by atoms with Crippen LogP contribution in [0.2, 0.25) is 0 Å². The summed E-state index contributed by atoms with van der Waals surface area (Å²) in [7, 11) is 0. The Balaban J connectivity index is 1.84. The Morgan fingerprint density at radius 3 is 2.61 bits per heavy atom. The maximum atomic E-state index is 12.7. The summed E-state index contributed by atoms with van der Waals surface area (Å²) in [5.74, 6) is 0.893. The van der Waals surface area contributed by atoms with Crippen molar-refractivity contribution in [1.82, 2.24) is 10.1 Å². The fourth-order valence-corrected chi connectivity index (χ4v) is 3.03. The third kappa shape index (κ3) is 3.98. The first-order valence-corrected chi connectivity index (χ1v) is 7.97. The number of aromatic nitrogens is 2. The molecule has 1 atom stereocenters. The molecule has 6 heteroatoms. The Bertz CT molecular complexity index is 775. The highest BCUT2D eigenvalue weighted by molar-refractivity contribution is 8.00. The van der Waals surface area contributed by atoms with Crippen LogP contribution >= 0.6 is 11.8 Å². The Hall–Kier alpha value is -2.60. The van der Waals surface area contributed by atoms with Crippen molar-refractivity contribution in [2.45, 2.75) is 17.2 Å².